The Morgan fingerprint density at radius 2 is 1.88 bits per heavy atom. The van der Waals surface area contributed by atoms with Gasteiger partial charge in [0.2, 0.25) is 5.91 Å². The van der Waals surface area contributed by atoms with E-state index in [2.05, 4.69) is 10.3 Å². The van der Waals surface area contributed by atoms with Crippen LogP contribution in [0, 0.1) is 5.82 Å². The molecule has 2 atom stereocenters. The zero-order chi connectivity index (χ0) is 23.4. The Labute approximate surface area is 196 Å². The van der Waals surface area contributed by atoms with Crippen molar-refractivity contribution in [2.75, 3.05) is 11.9 Å². The summed E-state index contributed by atoms with van der Waals surface area (Å²) in [5, 5.41) is 2.82. The molecule has 3 aromatic rings. The number of amides is 2. The van der Waals surface area contributed by atoms with Crippen molar-refractivity contribution in [3.8, 4) is 0 Å². The number of hydrogen-bond acceptors (Lipinski definition) is 4. The van der Waals surface area contributed by atoms with Gasteiger partial charge < -0.3 is 16.0 Å². The second-order valence-electron chi connectivity index (χ2n) is 8.06. The van der Waals surface area contributed by atoms with Crippen LogP contribution in [0.2, 0.25) is 5.02 Å². The van der Waals surface area contributed by atoms with Gasteiger partial charge in [-0.1, -0.05) is 29.8 Å². The van der Waals surface area contributed by atoms with Crippen LogP contribution >= 0.6 is 11.6 Å². The minimum Gasteiger partial charge on any atom is -0.338 e. The first kappa shape index (κ1) is 22.9. The predicted molar refractivity (Wildman–Crippen MR) is 125 cm³/mol. The Morgan fingerprint density at radius 1 is 1.15 bits per heavy atom. The lowest BCUT2D eigenvalue weighted by Crippen LogP contribution is -2.42. The van der Waals surface area contributed by atoms with Crippen LogP contribution in [0.1, 0.15) is 40.4 Å². The zero-order valence-electron chi connectivity index (χ0n) is 17.9. The van der Waals surface area contributed by atoms with E-state index in [1.165, 1.54) is 12.1 Å². The molecule has 170 valence electrons. The molecule has 3 N–H and O–H groups in total. The SMILES string of the molecule is NC(c1ccc(C(=O)Nc2ccncc2)cc1)C1CCCN1C(=O)Cc1ccc(F)c(Cl)c1. The van der Waals surface area contributed by atoms with Gasteiger partial charge in [-0.2, -0.15) is 0 Å². The number of pyridine rings is 1. The molecule has 33 heavy (non-hydrogen) atoms. The van der Waals surface area contributed by atoms with E-state index in [1.807, 2.05) is 12.1 Å². The van der Waals surface area contributed by atoms with E-state index in [-0.39, 0.29) is 35.3 Å². The van der Waals surface area contributed by atoms with Crippen molar-refractivity contribution < 1.29 is 14.0 Å². The number of carbonyl (C=O) groups excluding carboxylic acids is 2. The van der Waals surface area contributed by atoms with Crippen LogP contribution in [0.4, 0.5) is 10.1 Å². The summed E-state index contributed by atoms with van der Waals surface area (Å²) in [6, 6.07) is 14.3. The highest BCUT2D eigenvalue weighted by Gasteiger charge is 2.33. The van der Waals surface area contributed by atoms with E-state index in [9.17, 15) is 14.0 Å². The zero-order valence-corrected chi connectivity index (χ0v) is 18.6. The molecule has 0 saturated carbocycles. The fourth-order valence-electron chi connectivity index (χ4n) is 4.12. The largest absolute Gasteiger partial charge is 0.338 e. The summed E-state index contributed by atoms with van der Waals surface area (Å²) in [5.74, 6) is -0.798. The lowest BCUT2D eigenvalue weighted by Gasteiger charge is -2.30. The molecular weight excluding hydrogens is 443 g/mol. The molecule has 2 amide bonds. The van der Waals surface area contributed by atoms with E-state index in [0.29, 0.717) is 23.4 Å². The standard InChI is InChI=1S/C25H24ClFN4O2/c26-20-14-16(3-8-21(20)27)15-23(32)31-13-1-2-22(31)24(28)17-4-6-18(7-5-17)25(33)30-19-9-11-29-12-10-19/h3-12,14,22,24H,1-2,13,15,28H2,(H,29,30,33). The number of nitrogens with one attached hydrogen (secondary N) is 1. The monoisotopic (exact) mass is 466 g/mol. The molecule has 0 bridgehead atoms. The van der Waals surface area contributed by atoms with Gasteiger partial charge in [0.25, 0.3) is 5.91 Å². The normalized spacial score (nSPS) is 16.5. The number of likely N-dealkylation sites (tertiary alicyclic amines) is 1. The van der Waals surface area contributed by atoms with E-state index >= 15 is 0 Å². The van der Waals surface area contributed by atoms with Crippen LogP contribution in [0.5, 0.6) is 0 Å². The number of aromatic nitrogens is 1. The molecule has 2 heterocycles. The number of carbonyl (C=O) groups is 2. The van der Waals surface area contributed by atoms with Crippen molar-refractivity contribution in [2.45, 2.75) is 31.3 Å². The molecule has 1 aromatic heterocycles. The van der Waals surface area contributed by atoms with Gasteiger partial charge in [-0.15, -0.1) is 0 Å². The third-order valence-corrected chi connectivity index (χ3v) is 6.16. The third-order valence-electron chi connectivity index (χ3n) is 5.87. The van der Waals surface area contributed by atoms with Gasteiger partial charge >= 0.3 is 0 Å². The van der Waals surface area contributed by atoms with E-state index in [1.54, 1.807) is 47.6 Å². The number of benzene rings is 2. The second kappa shape index (κ2) is 10.1. The van der Waals surface area contributed by atoms with Gasteiger partial charge in [0.15, 0.2) is 0 Å². The quantitative estimate of drug-likeness (QED) is 0.565. The van der Waals surface area contributed by atoms with Gasteiger partial charge in [-0.3, -0.25) is 14.6 Å². The Balaban J connectivity index is 1.42. The van der Waals surface area contributed by atoms with Crippen LogP contribution in [-0.2, 0) is 11.2 Å². The maximum atomic E-state index is 13.4. The summed E-state index contributed by atoms with van der Waals surface area (Å²) >= 11 is 5.85. The highest BCUT2D eigenvalue weighted by Crippen LogP contribution is 2.29. The molecule has 0 aliphatic carbocycles. The van der Waals surface area contributed by atoms with E-state index < -0.39 is 5.82 Å². The number of rotatable bonds is 6. The summed E-state index contributed by atoms with van der Waals surface area (Å²) in [6.45, 7) is 0.624. The van der Waals surface area contributed by atoms with Gasteiger partial charge in [0.05, 0.1) is 23.5 Å². The molecule has 1 fully saturated rings. The lowest BCUT2D eigenvalue weighted by atomic mass is 9.96. The molecule has 0 radical (unpaired) electrons. The summed E-state index contributed by atoms with van der Waals surface area (Å²) in [4.78, 5) is 31.1. The van der Waals surface area contributed by atoms with Crippen LogP contribution in [0.25, 0.3) is 0 Å². The first-order valence-electron chi connectivity index (χ1n) is 10.7. The summed E-state index contributed by atoms with van der Waals surface area (Å²) in [6.07, 6.45) is 5.01. The predicted octanol–water partition coefficient (Wildman–Crippen LogP) is 4.36. The highest BCUT2D eigenvalue weighted by molar-refractivity contribution is 6.30. The van der Waals surface area contributed by atoms with Gasteiger partial charge in [-0.25, -0.2) is 4.39 Å². The maximum absolute atomic E-state index is 13.4. The van der Waals surface area contributed by atoms with Gasteiger partial charge in [0.1, 0.15) is 5.82 Å². The number of halogens is 2. The van der Waals surface area contributed by atoms with E-state index in [4.69, 9.17) is 17.3 Å². The topological polar surface area (TPSA) is 88.3 Å². The van der Waals surface area contributed by atoms with Crippen molar-refractivity contribution >= 4 is 29.1 Å². The fourth-order valence-corrected chi connectivity index (χ4v) is 4.32. The molecule has 8 heteroatoms. The van der Waals surface area contributed by atoms with Gasteiger partial charge in [0, 0.05) is 30.2 Å². The minimum atomic E-state index is -0.508. The van der Waals surface area contributed by atoms with Crippen molar-refractivity contribution in [3.05, 3.63) is 94.5 Å². The Kier molecular flexibility index (Phi) is 7.01. The summed E-state index contributed by atoms with van der Waals surface area (Å²) in [5.41, 5.74) is 9.23. The number of nitrogens with two attached hydrogens (primary N) is 1. The lowest BCUT2D eigenvalue weighted by molar-refractivity contribution is -0.131. The van der Waals surface area contributed by atoms with Crippen molar-refractivity contribution in [1.82, 2.24) is 9.88 Å². The van der Waals surface area contributed by atoms with E-state index in [0.717, 1.165) is 18.4 Å². The molecule has 1 aliphatic heterocycles. The Bertz CT molecular complexity index is 1140. The summed E-state index contributed by atoms with van der Waals surface area (Å²) < 4.78 is 13.4. The van der Waals surface area contributed by atoms with Crippen LogP contribution < -0.4 is 11.1 Å². The fraction of sp³-hybridized carbons (Fsp3) is 0.240. The molecule has 6 nitrogen and oxygen atoms in total. The second-order valence-corrected chi connectivity index (χ2v) is 8.47. The molecule has 4 rings (SSSR count). The molecular formula is C25H24ClFN4O2. The average molecular weight is 467 g/mol. The third kappa shape index (κ3) is 5.38. The van der Waals surface area contributed by atoms with Crippen LogP contribution in [-0.4, -0.2) is 34.3 Å². The first-order chi connectivity index (χ1) is 15.9. The highest BCUT2D eigenvalue weighted by atomic mass is 35.5. The minimum absolute atomic E-state index is 0.00281. The van der Waals surface area contributed by atoms with Crippen LogP contribution in [0.3, 0.4) is 0 Å². The Morgan fingerprint density at radius 3 is 2.58 bits per heavy atom. The average Bonchev–Trinajstić information content (AvgIpc) is 3.32. The summed E-state index contributed by atoms with van der Waals surface area (Å²) in [7, 11) is 0. The number of anilines is 1. The molecule has 0 spiro atoms. The van der Waals surface area contributed by atoms with Gasteiger partial charge in [-0.05, 0) is 60.4 Å². The number of hydrogen-bond donors (Lipinski definition) is 2. The smallest absolute Gasteiger partial charge is 0.255 e. The molecule has 2 aromatic carbocycles. The van der Waals surface area contributed by atoms with Crippen molar-refractivity contribution in [3.63, 3.8) is 0 Å². The molecule has 1 saturated heterocycles. The molecule has 2 unspecified atom stereocenters. The number of nitrogens with zero attached hydrogens (tertiary/aromatic N) is 2. The first-order valence-corrected chi connectivity index (χ1v) is 11.1. The van der Waals surface area contributed by atoms with Crippen molar-refractivity contribution in [2.24, 2.45) is 5.73 Å². The molecule has 1 aliphatic rings. The van der Waals surface area contributed by atoms with Crippen molar-refractivity contribution in [1.29, 1.82) is 0 Å². The maximum Gasteiger partial charge on any atom is 0.255 e. The Hall–Kier alpha value is -3.29. The van der Waals surface area contributed by atoms with Crippen LogP contribution in [0.15, 0.2) is 67.0 Å².